The topological polar surface area (TPSA) is 68.3 Å². The van der Waals surface area contributed by atoms with Crippen molar-refractivity contribution >= 4 is 33.2 Å². The third-order valence-electron chi connectivity index (χ3n) is 8.53. The molecule has 0 bridgehead atoms. The summed E-state index contributed by atoms with van der Waals surface area (Å²) < 4.78 is 23.8. The zero-order valence-electron chi connectivity index (χ0n) is 30.3. The van der Waals surface area contributed by atoms with Crippen LogP contribution in [0.25, 0.3) is 0 Å². The molecule has 48 heavy (non-hydrogen) atoms. The van der Waals surface area contributed by atoms with Crippen LogP contribution in [0.4, 0.5) is 0 Å². The predicted molar refractivity (Wildman–Crippen MR) is 207 cm³/mol. The summed E-state index contributed by atoms with van der Waals surface area (Å²) in [5.74, 6) is 0.114. The number of benzene rings is 2. The van der Waals surface area contributed by atoms with Gasteiger partial charge in [-0.05, 0) is 104 Å². The van der Waals surface area contributed by atoms with Crippen LogP contribution in [0.3, 0.4) is 0 Å². The van der Waals surface area contributed by atoms with E-state index in [1.807, 2.05) is 64.1 Å². The Balaban J connectivity index is 0.000000480. The highest BCUT2D eigenvalue weighted by molar-refractivity contribution is 7.87. The standard InChI is InChI=1S/2C21H28O2S/c2*1-7-17(4)13-14-18(16(2)3)15-20(22)21(5,6)24(23)19-11-9-8-10-12-19/h2*7-13,18H,1-2,14-15H2,3-6H3/b17-13+;17-13-/t2*18-,24?/m00/s1. The highest BCUT2D eigenvalue weighted by Gasteiger charge is 2.37. The molecule has 2 aromatic rings. The minimum absolute atomic E-state index is 0.00217. The highest BCUT2D eigenvalue weighted by Crippen LogP contribution is 2.30. The number of carbonyl (C=O) groups excluding carboxylic acids is 2. The first-order valence-electron chi connectivity index (χ1n) is 16.3. The van der Waals surface area contributed by atoms with Gasteiger partial charge in [0.15, 0.2) is 11.6 Å². The zero-order valence-corrected chi connectivity index (χ0v) is 32.0. The molecular formula is C42H56O4S2. The molecule has 0 aromatic heterocycles. The third kappa shape index (κ3) is 13.2. The lowest BCUT2D eigenvalue weighted by atomic mass is 9.88. The van der Waals surface area contributed by atoms with Crippen molar-refractivity contribution in [2.45, 2.75) is 100 Å². The van der Waals surface area contributed by atoms with Gasteiger partial charge in [0.05, 0.1) is 21.6 Å². The van der Waals surface area contributed by atoms with Gasteiger partial charge in [0.2, 0.25) is 0 Å². The van der Waals surface area contributed by atoms with E-state index < -0.39 is 31.1 Å². The molecule has 0 N–H and O–H groups in total. The van der Waals surface area contributed by atoms with Crippen LogP contribution in [-0.4, -0.2) is 29.5 Å². The number of rotatable bonds is 18. The number of Topliss-reactive ketones (excluding diaryl/α,β-unsaturated/α-hetero) is 2. The Hall–Kier alpha value is -3.48. The summed E-state index contributed by atoms with van der Waals surface area (Å²) in [6, 6.07) is 18.3. The van der Waals surface area contributed by atoms with Crippen molar-refractivity contribution in [1.29, 1.82) is 0 Å². The second kappa shape index (κ2) is 20.1. The Morgan fingerprint density at radius 2 is 0.917 bits per heavy atom. The van der Waals surface area contributed by atoms with Crippen molar-refractivity contribution in [3.8, 4) is 0 Å². The molecule has 4 nitrogen and oxygen atoms in total. The summed E-state index contributed by atoms with van der Waals surface area (Å²) in [5.41, 5.74) is 4.11. The Morgan fingerprint density at radius 3 is 1.17 bits per heavy atom. The lowest BCUT2D eigenvalue weighted by molar-refractivity contribution is -0.122. The predicted octanol–water partition coefficient (Wildman–Crippen LogP) is 10.5. The van der Waals surface area contributed by atoms with Gasteiger partial charge < -0.3 is 0 Å². The quantitative estimate of drug-likeness (QED) is 0.115. The SMILES string of the molecule is C=C/C(C)=C/C[C@@H](CC(=O)C(C)(C)S(=O)c1ccccc1)C(=C)C.C=C/C(C)=C\C[C@@H](CC(=O)C(C)(C)S(=O)c1ccccc1)C(=C)C. The van der Waals surface area contributed by atoms with Crippen LogP contribution < -0.4 is 0 Å². The summed E-state index contributed by atoms with van der Waals surface area (Å²) in [6.45, 7) is 30.4. The van der Waals surface area contributed by atoms with E-state index in [0.29, 0.717) is 22.6 Å². The molecule has 260 valence electrons. The van der Waals surface area contributed by atoms with Gasteiger partial charge in [-0.15, -0.1) is 0 Å². The second-order valence-corrected chi connectivity index (χ2v) is 17.4. The van der Waals surface area contributed by atoms with Gasteiger partial charge in [0, 0.05) is 22.6 Å². The molecule has 0 saturated carbocycles. The molecule has 2 aromatic carbocycles. The van der Waals surface area contributed by atoms with Crippen LogP contribution in [0.15, 0.2) is 143 Å². The third-order valence-corrected chi connectivity index (χ3v) is 12.2. The van der Waals surface area contributed by atoms with Gasteiger partial charge in [-0.25, -0.2) is 0 Å². The molecule has 2 unspecified atom stereocenters. The van der Waals surface area contributed by atoms with Gasteiger partial charge in [-0.2, -0.15) is 0 Å². The lowest BCUT2D eigenvalue weighted by Gasteiger charge is -2.25. The normalized spacial score (nSPS) is 14.8. The van der Waals surface area contributed by atoms with Crippen molar-refractivity contribution in [2.24, 2.45) is 11.8 Å². The largest absolute Gasteiger partial charge is 0.298 e. The molecule has 0 aliphatic rings. The minimum Gasteiger partial charge on any atom is -0.298 e. The molecule has 0 fully saturated rings. The fourth-order valence-electron chi connectivity index (χ4n) is 4.56. The number of allylic oxidation sites excluding steroid dienone is 8. The number of ketones is 2. The minimum atomic E-state index is -1.38. The van der Waals surface area contributed by atoms with Crippen LogP contribution >= 0.6 is 0 Å². The average Bonchev–Trinajstić information content (AvgIpc) is 3.07. The Bertz CT molecular complexity index is 1420. The maximum Gasteiger partial charge on any atom is 0.151 e. The molecular weight excluding hydrogens is 633 g/mol. The summed E-state index contributed by atoms with van der Waals surface area (Å²) in [6.07, 6.45) is 9.92. The van der Waals surface area contributed by atoms with E-state index in [9.17, 15) is 18.0 Å². The Kier molecular flexibility index (Phi) is 17.8. The summed E-state index contributed by atoms with van der Waals surface area (Å²) in [5, 5.41) is 0. The van der Waals surface area contributed by atoms with E-state index in [1.165, 1.54) is 0 Å². The van der Waals surface area contributed by atoms with Crippen LogP contribution in [0, 0.1) is 11.8 Å². The molecule has 0 heterocycles. The van der Waals surface area contributed by atoms with E-state index in [4.69, 9.17) is 0 Å². The maximum absolute atomic E-state index is 12.8. The monoisotopic (exact) mass is 688 g/mol. The van der Waals surface area contributed by atoms with E-state index in [-0.39, 0.29) is 23.4 Å². The van der Waals surface area contributed by atoms with Gasteiger partial charge in [0.25, 0.3) is 0 Å². The van der Waals surface area contributed by atoms with Gasteiger partial charge in [0.1, 0.15) is 9.49 Å². The number of carbonyl (C=O) groups is 2. The van der Waals surface area contributed by atoms with Crippen molar-refractivity contribution in [2.75, 3.05) is 0 Å². The first-order chi connectivity index (χ1) is 22.4. The molecule has 0 spiro atoms. The Morgan fingerprint density at radius 1 is 0.625 bits per heavy atom. The average molecular weight is 689 g/mol. The van der Waals surface area contributed by atoms with Crippen molar-refractivity contribution in [3.63, 3.8) is 0 Å². The van der Waals surface area contributed by atoms with Crippen molar-refractivity contribution in [3.05, 3.63) is 134 Å². The summed E-state index contributed by atoms with van der Waals surface area (Å²) >= 11 is 0. The van der Waals surface area contributed by atoms with E-state index >= 15 is 0 Å². The van der Waals surface area contributed by atoms with Gasteiger partial charge in [-0.3, -0.25) is 18.0 Å². The van der Waals surface area contributed by atoms with Crippen LogP contribution in [0.5, 0.6) is 0 Å². The second-order valence-electron chi connectivity index (χ2n) is 13.3. The molecule has 0 aliphatic carbocycles. The van der Waals surface area contributed by atoms with Crippen molar-refractivity contribution < 1.29 is 18.0 Å². The molecule has 4 atom stereocenters. The molecule has 0 aliphatic heterocycles. The van der Waals surface area contributed by atoms with E-state index in [0.717, 1.165) is 35.1 Å². The lowest BCUT2D eigenvalue weighted by Crippen LogP contribution is -2.37. The number of hydrogen-bond acceptors (Lipinski definition) is 4. The first-order valence-corrected chi connectivity index (χ1v) is 18.6. The Labute approximate surface area is 295 Å². The highest BCUT2D eigenvalue weighted by atomic mass is 32.2. The molecule has 2 rings (SSSR count). The van der Waals surface area contributed by atoms with Crippen LogP contribution in [-0.2, 0) is 31.2 Å². The van der Waals surface area contributed by atoms with Crippen molar-refractivity contribution in [1.82, 2.24) is 0 Å². The van der Waals surface area contributed by atoms with E-state index in [2.05, 4.69) is 38.5 Å². The van der Waals surface area contributed by atoms with Crippen LogP contribution in [0.1, 0.15) is 81.1 Å². The van der Waals surface area contributed by atoms with Crippen LogP contribution in [0.2, 0.25) is 0 Å². The maximum atomic E-state index is 12.8. The van der Waals surface area contributed by atoms with Gasteiger partial charge >= 0.3 is 0 Å². The smallest absolute Gasteiger partial charge is 0.151 e. The zero-order chi connectivity index (χ0) is 36.7. The fraction of sp³-hybridized carbons (Fsp3) is 0.381. The van der Waals surface area contributed by atoms with Gasteiger partial charge in [-0.1, -0.05) is 109 Å². The molecule has 0 radical (unpaired) electrons. The first kappa shape index (κ1) is 42.5. The van der Waals surface area contributed by atoms with E-state index in [1.54, 1.807) is 64.1 Å². The molecule has 6 heteroatoms. The summed E-state index contributed by atoms with van der Waals surface area (Å²) in [4.78, 5) is 27.0. The molecule has 0 amide bonds. The summed E-state index contributed by atoms with van der Waals surface area (Å²) in [7, 11) is -2.76. The number of hydrogen-bond donors (Lipinski definition) is 0. The molecule has 0 saturated heterocycles. The fourth-order valence-corrected chi connectivity index (χ4v) is 7.13.